The topological polar surface area (TPSA) is 544 Å². The van der Waals surface area contributed by atoms with Crippen molar-refractivity contribution in [2.45, 2.75) is 61.4 Å². The van der Waals surface area contributed by atoms with Crippen LogP contribution in [0, 0.1) is 6.92 Å². The number of carboxylic acid groups (broad SMARTS) is 1. The van der Waals surface area contributed by atoms with Crippen LogP contribution in [0.3, 0.4) is 0 Å². The lowest BCUT2D eigenvalue weighted by Crippen LogP contribution is -2.55. The highest BCUT2D eigenvalue weighted by Crippen LogP contribution is 2.48. The summed E-state index contributed by atoms with van der Waals surface area (Å²) in [6, 6.07) is 7.41. The fourth-order valence-electron chi connectivity index (χ4n) is 12.0. The number of aliphatic hydroxyl groups excluding tert-OH is 2. The molecule has 0 radical (unpaired) electrons. The SMILES string of the molecule is COC(=O)C1NC(=O)[C@H]2NC(=O)[C@H](NC(=O)[C@@H]3NC(=O)C4NC(=O)[C@H](NC(=O)[C@@H](Nc5c(NCC(=O)NCC(=O)NCC(=O)O)c(=O)c5=O)c5ccc(O)c(c5)Oc5cc4cc(O)c5C)[C@H](O)c4ccc(cc4)Oc4cc3cc(c4O)Oc3ccc(cc3)[C@H]2O)c2ccc(O)c(c2)-c2c(O)cc(O)cc21. The van der Waals surface area contributed by atoms with Crippen molar-refractivity contribution in [1.82, 2.24) is 42.5 Å². The summed E-state index contributed by atoms with van der Waals surface area (Å²) in [6.45, 7) is -0.925. The number of fused-ring (bicyclic) bond motifs is 14. The van der Waals surface area contributed by atoms with Crippen molar-refractivity contribution in [2.24, 2.45) is 0 Å². The van der Waals surface area contributed by atoms with Crippen molar-refractivity contribution in [1.29, 1.82) is 0 Å². The lowest BCUT2D eigenvalue weighted by atomic mass is 9.89. The highest BCUT2D eigenvalue weighted by molar-refractivity contribution is 6.01. The number of carbonyl (C=O) groups excluding carboxylic acids is 9. The van der Waals surface area contributed by atoms with E-state index in [1.165, 1.54) is 55.5 Å². The second-order valence-electron chi connectivity index (χ2n) is 24.3. The average molecular weight is 1440 g/mol. The second kappa shape index (κ2) is 28.6. The largest absolute Gasteiger partial charge is 0.508 e. The van der Waals surface area contributed by atoms with Gasteiger partial charge in [-0.3, -0.25) is 52.7 Å². The van der Waals surface area contributed by atoms with Crippen molar-refractivity contribution in [3.8, 4) is 80.1 Å². The first-order valence-electron chi connectivity index (χ1n) is 31.6. The predicted molar refractivity (Wildman–Crippen MR) is 358 cm³/mol. The van der Waals surface area contributed by atoms with Crippen molar-refractivity contribution in [3.63, 3.8) is 0 Å². The van der Waals surface area contributed by atoms with Gasteiger partial charge in [-0.1, -0.05) is 36.4 Å². The van der Waals surface area contributed by atoms with E-state index < -0.39 is 230 Å². The molecule has 6 heterocycles. The lowest BCUT2D eigenvalue weighted by molar-refractivity contribution is -0.146. The Morgan fingerprint density at radius 3 is 1.57 bits per heavy atom. The highest BCUT2D eigenvalue weighted by atomic mass is 16.5. The van der Waals surface area contributed by atoms with Crippen molar-refractivity contribution in [3.05, 3.63) is 186 Å². The molecule has 0 saturated carbocycles. The molecule has 0 aromatic heterocycles. The van der Waals surface area contributed by atoms with E-state index in [0.29, 0.717) is 0 Å². The van der Waals surface area contributed by atoms with Crippen LogP contribution in [0.25, 0.3) is 11.1 Å². The minimum atomic E-state index is -2.27. The van der Waals surface area contributed by atoms with Gasteiger partial charge in [0.15, 0.2) is 29.0 Å². The van der Waals surface area contributed by atoms with Crippen LogP contribution in [0.15, 0.2) is 131 Å². The van der Waals surface area contributed by atoms with Crippen molar-refractivity contribution >= 4 is 70.6 Å². The summed E-state index contributed by atoms with van der Waals surface area (Å²) in [5.41, 5.74) is -6.49. The van der Waals surface area contributed by atoms with Gasteiger partial charge in [0.05, 0.1) is 20.2 Å². The smallest absolute Gasteiger partial charge is 0.333 e. The second-order valence-corrected chi connectivity index (χ2v) is 24.3. The van der Waals surface area contributed by atoms with Crippen LogP contribution in [0.2, 0.25) is 0 Å². The van der Waals surface area contributed by atoms with Gasteiger partial charge in [0.1, 0.15) is 107 Å². The molecule has 8 aromatic rings. The number of hydrogen-bond acceptors (Lipinski definition) is 26. The molecule has 0 fully saturated rings. The molecule has 14 rings (SSSR count). The zero-order valence-corrected chi connectivity index (χ0v) is 54.4. The van der Waals surface area contributed by atoms with Gasteiger partial charge in [0, 0.05) is 28.3 Å². The molecule has 35 heteroatoms. The van der Waals surface area contributed by atoms with Crippen LogP contribution in [0.1, 0.15) is 86.9 Å². The summed E-state index contributed by atoms with van der Waals surface area (Å²) >= 11 is 0. The number of aliphatic hydroxyl groups is 2. The molecular formula is C70H60N10O25. The molecule has 35 nitrogen and oxygen atoms in total. The molecule has 540 valence electrons. The molecule has 2 unspecified atom stereocenters. The number of hydrogen-bond donors (Lipinski definition) is 19. The monoisotopic (exact) mass is 1440 g/mol. The maximum absolute atomic E-state index is 15.9. The normalized spacial score (nSPS) is 20.6. The first-order valence-corrected chi connectivity index (χ1v) is 31.6. The molecule has 9 atom stereocenters. The van der Waals surface area contributed by atoms with E-state index in [0.717, 1.165) is 79.9 Å². The fourth-order valence-corrected chi connectivity index (χ4v) is 12.0. The van der Waals surface area contributed by atoms with Gasteiger partial charge < -0.3 is 118 Å². The van der Waals surface area contributed by atoms with Crippen LogP contribution in [0.5, 0.6) is 69.0 Å². The average Bonchev–Trinajstić information content (AvgIpc) is 0.773. The summed E-state index contributed by atoms with van der Waals surface area (Å²) in [5, 5.41) is 127. The maximum Gasteiger partial charge on any atom is 0.333 e. The molecule has 8 amide bonds. The van der Waals surface area contributed by atoms with Gasteiger partial charge in [-0.2, -0.15) is 0 Å². The summed E-state index contributed by atoms with van der Waals surface area (Å²) in [5.74, 6) is -18.9. The van der Waals surface area contributed by atoms with Gasteiger partial charge in [-0.05, 0) is 119 Å². The van der Waals surface area contributed by atoms with E-state index in [1.807, 2.05) is 5.32 Å². The number of carbonyl (C=O) groups is 10. The van der Waals surface area contributed by atoms with E-state index in [9.17, 15) is 74.4 Å². The number of carboxylic acids is 1. The van der Waals surface area contributed by atoms with Gasteiger partial charge in [0.25, 0.3) is 10.9 Å². The predicted octanol–water partition coefficient (Wildman–Crippen LogP) is 1.04. The molecule has 0 saturated heterocycles. The minimum absolute atomic E-state index is 0.0907. The quantitative estimate of drug-likeness (QED) is 0.0672. The number of esters is 1. The third-order valence-corrected chi connectivity index (χ3v) is 17.5. The number of aliphatic carboxylic acids is 1. The molecule has 0 spiro atoms. The Morgan fingerprint density at radius 2 is 0.962 bits per heavy atom. The summed E-state index contributed by atoms with van der Waals surface area (Å²) in [4.78, 5) is 169. The van der Waals surface area contributed by atoms with Crippen molar-refractivity contribution < 1.29 is 113 Å². The molecule has 6 aliphatic heterocycles. The number of amides is 8. The third kappa shape index (κ3) is 14.3. The van der Waals surface area contributed by atoms with Crippen LogP contribution in [-0.4, -0.2) is 144 Å². The van der Waals surface area contributed by atoms with Crippen LogP contribution >= 0.6 is 0 Å². The van der Waals surface area contributed by atoms with E-state index in [4.69, 9.17) is 24.1 Å². The van der Waals surface area contributed by atoms with E-state index >= 15 is 24.0 Å². The summed E-state index contributed by atoms with van der Waals surface area (Å²) < 4.78 is 23.7. The number of aromatic hydroxyl groups is 6. The number of methoxy groups -OCH3 is 1. The Bertz CT molecular complexity index is 5040. The number of ether oxygens (including phenoxy) is 4. The maximum atomic E-state index is 15.9. The fraction of sp³-hybridized carbons (Fsp3) is 0.200. The molecule has 6 aliphatic rings. The number of benzene rings is 7. The van der Waals surface area contributed by atoms with E-state index in [1.54, 1.807) is 0 Å². The van der Waals surface area contributed by atoms with Crippen LogP contribution in [-0.2, 0) is 52.7 Å². The van der Waals surface area contributed by atoms with Crippen LogP contribution < -0.4 is 78.2 Å². The zero-order chi connectivity index (χ0) is 75.1. The highest BCUT2D eigenvalue weighted by Gasteiger charge is 2.43. The molecule has 0 aliphatic carbocycles. The summed E-state index contributed by atoms with van der Waals surface area (Å²) in [6.07, 6.45) is -4.23. The number of phenolic OH excluding ortho intramolecular Hbond substituents is 6. The van der Waals surface area contributed by atoms with E-state index in [-0.39, 0.29) is 50.6 Å². The lowest BCUT2D eigenvalue weighted by Gasteiger charge is -2.32. The van der Waals surface area contributed by atoms with Crippen LogP contribution in [0.4, 0.5) is 11.4 Å². The van der Waals surface area contributed by atoms with Gasteiger partial charge in [-0.25, -0.2) is 4.79 Å². The molecule has 19 N–H and O–H groups in total. The minimum Gasteiger partial charge on any atom is -0.508 e. The Hall–Kier alpha value is -14.0. The molecule has 17 bridgehead atoms. The van der Waals surface area contributed by atoms with Gasteiger partial charge in [-0.15, -0.1) is 0 Å². The number of rotatable bonds is 10. The van der Waals surface area contributed by atoms with Gasteiger partial charge >= 0.3 is 11.9 Å². The first-order chi connectivity index (χ1) is 50.0. The first kappa shape index (κ1) is 70.9. The third-order valence-electron chi connectivity index (χ3n) is 17.5. The Kier molecular flexibility index (Phi) is 19.3. The Balaban J connectivity index is 1.00. The zero-order valence-electron chi connectivity index (χ0n) is 54.4. The number of anilines is 2. The Morgan fingerprint density at radius 1 is 0.467 bits per heavy atom. The standard InChI is InChI=1S/C70H60N10O25/c1-26-40(84)16-31-18-42(26)105-43-17-30(8-14-39(43)83)50(74-56-55(62(93)63(56)94)73-24-47(87)71-23-46(86)72-25-48(88)89)64(95)79-57-59(90)27-3-9-34(10-4-27)103-44-19-32-20-45(61(44)92)104-35-11-5-28(6-12-35)60(91)58-69(100)78-54(70(101)102-2)37-21-33(81)22-41(85)49(37)36-15-29(7-13-38(36)82)51(65(96)80-58)75-67(98)53(32)76-66(97)52(31)77-68(57)99/h3-22,50-54,57-60,73-74,81-85,90-92H,23-25H2,1-2H3,(H,71,87)(H,72,86)(H,75,98)(H,76,97)(H,77,99)(H,78,100)(H,79,95)(H,80,96)(H,88,89)/t50-,51+,52?,53+,54?,57+,58-,59+,60+/m0/s1. The van der Waals surface area contributed by atoms with E-state index in [2.05, 4.69) is 47.9 Å². The Labute approximate surface area is 589 Å². The molecular weight excluding hydrogens is 1380 g/mol. The van der Waals surface area contributed by atoms with Gasteiger partial charge in [0.2, 0.25) is 53.0 Å². The summed E-state index contributed by atoms with van der Waals surface area (Å²) in [7, 11) is 0.948. The number of phenols is 6. The number of nitrogens with one attached hydrogen (secondary N) is 10. The molecule has 8 aromatic carbocycles. The molecule has 105 heavy (non-hydrogen) atoms. The van der Waals surface area contributed by atoms with Crippen molar-refractivity contribution in [2.75, 3.05) is 37.4 Å².